The van der Waals surface area contributed by atoms with Gasteiger partial charge in [-0.25, -0.2) is 0 Å². The van der Waals surface area contributed by atoms with Crippen molar-refractivity contribution in [2.75, 3.05) is 0 Å². The van der Waals surface area contributed by atoms with E-state index in [0.717, 1.165) is 5.69 Å². The summed E-state index contributed by atoms with van der Waals surface area (Å²) in [6.07, 6.45) is 1.79. The number of oxime groups is 1. The lowest BCUT2D eigenvalue weighted by Gasteiger charge is -2.09. The van der Waals surface area contributed by atoms with Crippen molar-refractivity contribution in [2.24, 2.45) is 23.9 Å². The van der Waals surface area contributed by atoms with Gasteiger partial charge in [0.05, 0.1) is 18.2 Å². The number of nitrogens with two attached hydrogens (primary N) is 1. The molecule has 0 aliphatic heterocycles. The second kappa shape index (κ2) is 5.15. The highest BCUT2D eigenvalue weighted by Crippen LogP contribution is 1.97. The highest BCUT2D eigenvalue weighted by atomic mass is 16.4. The highest BCUT2D eigenvalue weighted by Gasteiger charge is 2.17. The van der Waals surface area contributed by atoms with Crippen LogP contribution in [0.4, 0.5) is 0 Å². The van der Waals surface area contributed by atoms with Crippen LogP contribution in [0.25, 0.3) is 0 Å². The quantitative estimate of drug-likeness (QED) is 0.276. The summed E-state index contributed by atoms with van der Waals surface area (Å²) in [5.74, 6) is -1.08. The van der Waals surface area contributed by atoms with Crippen molar-refractivity contribution in [3.8, 4) is 0 Å². The van der Waals surface area contributed by atoms with E-state index in [-0.39, 0.29) is 11.7 Å². The zero-order valence-electron chi connectivity index (χ0n) is 9.21. The molecule has 1 aromatic rings. The Balaban J connectivity index is 2.47. The number of rotatable bonds is 4. The van der Waals surface area contributed by atoms with Gasteiger partial charge in [-0.05, 0) is 13.0 Å². The standard InChI is InChI=1S/C9H15N5O2/c1-6(8(10)13-16)9(15)11-5-7-3-4-14(2)12-7/h3-4,6,16H,5H2,1-2H3,(H2,10,13)(H,11,15). The van der Waals surface area contributed by atoms with E-state index in [2.05, 4.69) is 15.6 Å². The normalized spacial score (nSPS) is 13.5. The summed E-state index contributed by atoms with van der Waals surface area (Å²) in [5, 5.41) is 17.9. The molecule has 7 nitrogen and oxygen atoms in total. The van der Waals surface area contributed by atoms with E-state index in [9.17, 15) is 4.79 Å². The van der Waals surface area contributed by atoms with Crippen molar-refractivity contribution in [1.82, 2.24) is 15.1 Å². The second-order valence-corrected chi connectivity index (χ2v) is 3.45. The first kappa shape index (κ1) is 12.0. The van der Waals surface area contributed by atoms with E-state index in [1.54, 1.807) is 30.9 Å². The van der Waals surface area contributed by atoms with E-state index >= 15 is 0 Å². The molecule has 7 heteroatoms. The molecule has 16 heavy (non-hydrogen) atoms. The van der Waals surface area contributed by atoms with Crippen molar-refractivity contribution in [1.29, 1.82) is 0 Å². The summed E-state index contributed by atoms with van der Waals surface area (Å²) >= 11 is 0. The van der Waals surface area contributed by atoms with E-state index in [4.69, 9.17) is 10.9 Å². The molecule has 1 heterocycles. The number of aromatic nitrogens is 2. The Kier molecular flexibility index (Phi) is 3.87. The average Bonchev–Trinajstić information content (AvgIpc) is 2.69. The third-order valence-electron chi connectivity index (χ3n) is 2.16. The fraction of sp³-hybridized carbons (Fsp3) is 0.444. The number of nitrogens with zero attached hydrogens (tertiary/aromatic N) is 3. The van der Waals surface area contributed by atoms with Gasteiger partial charge in [0.2, 0.25) is 5.91 Å². The maximum absolute atomic E-state index is 11.5. The molecular formula is C9H15N5O2. The van der Waals surface area contributed by atoms with Crippen molar-refractivity contribution >= 4 is 11.7 Å². The Labute approximate surface area is 92.9 Å². The van der Waals surface area contributed by atoms with Gasteiger partial charge in [-0.3, -0.25) is 9.48 Å². The van der Waals surface area contributed by atoms with Crippen LogP contribution in [-0.4, -0.2) is 26.7 Å². The summed E-state index contributed by atoms with van der Waals surface area (Å²) < 4.78 is 1.65. The largest absolute Gasteiger partial charge is 0.409 e. The van der Waals surface area contributed by atoms with Crippen molar-refractivity contribution in [3.63, 3.8) is 0 Å². The molecule has 0 fully saturated rings. The van der Waals surface area contributed by atoms with Gasteiger partial charge in [-0.1, -0.05) is 5.16 Å². The van der Waals surface area contributed by atoms with Crippen LogP contribution in [-0.2, 0) is 18.4 Å². The van der Waals surface area contributed by atoms with Crippen LogP contribution >= 0.6 is 0 Å². The number of hydrogen-bond acceptors (Lipinski definition) is 4. The SMILES string of the molecule is CC(C(=O)NCc1ccn(C)n1)/C(N)=N/O. The van der Waals surface area contributed by atoms with E-state index in [1.165, 1.54) is 0 Å². The van der Waals surface area contributed by atoms with Crippen LogP contribution in [0.5, 0.6) is 0 Å². The number of nitrogens with one attached hydrogen (secondary N) is 1. The summed E-state index contributed by atoms with van der Waals surface area (Å²) in [4.78, 5) is 11.5. The molecule has 0 radical (unpaired) electrons. The van der Waals surface area contributed by atoms with Gasteiger partial charge in [0, 0.05) is 13.2 Å². The predicted octanol–water partition coefficient (Wildman–Crippen LogP) is -0.581. The monoisotopic (exact) mass is 225 g/mol. The van der Waals surface area contributed by atoms with Crippen LogP contribution in [0.3, 0.4) is 0 Å². The van der Waals surface area contributed by atoms with Gasteiger partial charge in [0.1, 0.15) is 0 Å². The molecule has 0 aliphatic carbocycles. The second-order valence-electron chi connectivity index (χ2n) is 3.45. The predicted molar refractivity (Wildman–Crippen MR) is 57.6 cm³/mol. The smallest absolute Gasteiger partial charge is 0.230 e. The molecule has 0 aliphatic rings. The summed E-state index contributed by atoms with van der Waals surface area (Å²) in [6, 6.07) is 1.80. The lowest BCUT2D eigenvalue weighted by Crippen LogP contribution is -2.36. The number of carbonyl (C=O) groups excluding carboxylic acids is 1. The fourth-order valence-electron chi connectivity index (χ4n) is 1.11. The van der Waals surface area contributed by atoms with Gasteiger partial charge < -0.3 is 16.3 Å². The van der Waals surface area contributed by atoms with Crippen LogP contribution in [0.1, 0.15) is 12.6 Å². The Morgan fingerprint density at radius 3 is 3.00 bits per heavy atom. The lowest BCUT2D eigenvalue weighted by molar-refractivity contribution is -0.122. The minimum absolute atomic E-state index is 0.112. The lowest BCUT2D eigenvalue weighted by atomic mass is 10.1. The first-order valence-electron chi connectivity index (χ1n) is 4.78. The van der Waals surface area contributed by atoms with Crippen LogP contribution in [0.15, 0.2) is 17.4 Å². The van der Waals surface area contributed by atoms with Crippen LogP contribution < -0.4 is 11.1 Å². The molecule has 1 rings (SSSR count). The molecule has 0 bridgehead atoms. The highest BCUT2D eigenvalue weighted by molar-refractivity contribution is 6.01. The summed E-state index contributed by atoms with van der Waals surface area (Å²) in [5.41, 5.74) is 6.06. The molecule has 1 unspecified atom stereocenters. The molecule has 1 amide bonds. The Morgan fingerprint density at radius 2 is 2.50 bits per heavy atom. The number of aryl methyl sites for hydroxylation is 1. The maximum Gasteiger partial charge on any atom is 0.230 e. The van der Waals surface area contributed by atoms with Gasteiger partial charge >= 0.3 is 0 Å². The Bertz CT molecular complexity index is 398. The third kappa shape index (κ3) is 2.97. The van der Waals surface area contributed by atoms with Crippen LogP contribution in [0.2, 0.25) is 0 Å². The molecule has 0 saturated carbocycles. The van der Waals surface area contributed by atoms with E-state index < -0.39 is 5.92 Å². The summed E-state index contributed by atoms with van der Waals surface area (Å²) in [6.45, 7) is 1.88. The van der Waals surface area contributed by atoms with Gasteiger partial charge in [-0.15, -0.1) is 0 Å². The Hall–Kier alpha value is -2.05. The first-order chi connectivity index (χ1) is 7.54. The molecule has 88 valence electrons. The number of carbonyl (C=O) groups is 1. The van der Waals surface area contributed by atoms with E-state index in [1.807, 2.05) is 0 Å². The average molecular weight is 225 g/mol. The molecule has 1 atom stereocenters. The number of amidine groups is 1. The fourth-order valence-corrected chi connectivity index (χ4v) is 1.11. The number of amides is 1. The first-order valence-corrected chi connectivity index (χ1v) is 4.78. The summed E-state index contributed by atoms with van der Waals surface area (Å²) in [7, 11) is 1.80. The third-order valence-corrected chi connectivity index (χ3v) is 2.16. The van der Waals surface area contributed by atoms with Gasteiger partial charge in [-0.2, -0.15) is 5.10 Å². The molecule has 0 aromatic carbocycles. The maximum atomic E-state index is 11.5. The molecule has 1 aromatic heterocycles. The molecule has 4 N–H and O–H groups in total. The molecular weight excluding hydrogens is 210 g/mol. The molecule has 0 spiro atoms. The van der Waals surface area contributed by atoms with Gasteiger partial charge in [0.15, 0.2) is 5.84 Å². The van der Waals surface area contributed by atoms with Crippen molar-refractivity contribution in [3.05, 3.63) is 18.0 Å². The van der Waals surface area contributed by atoms with Crippen molar-refractivity contribution < 1.29 is 10.0 Å². The van der Waals surface area contributed by atoms with Gasteiger partial charge in [0.25, 0.3) is 0 Å². The zero-order valence-corrected chi connectivity index (χ0v) is 9.21. The minimum Gasteiger partial charge on any atom is -0.409 e. The topological polar surface area (TPSA) is 106 Å². The Morgan fingerprint density at radius 1 is 1.81 bits per heavy atom. The van der Waals surface area contributed by atoms with E-state index in [0.29, 0.717) is 6.54 Å². The molecule has 0 saturated heterocycles. The number of hydrogen-bond donors (Lipinski definition) is 3. The van der Waals surface area contributed by atoms with Crippen LogP contribution in [0, 0.1) is 5.92 Å². The minimum atomic E-state index is -0.659. The van der Waals surface area contributed by atoms with Crippen molar-refractivity contribution in [2.45, 2.75) is 13.5 Å². The zero-order chi connectivity index (χ0) is 12.1.